The zero-order valence-corrected chi connectivity index (χ0v) is 18.3. The van der Waals surface area contributed by atoms with Crippen molar-refractivity contribution in [3.8, 4) is 17.2 Å². The van der Waals surface area contributed by atoms with Crippen LogP contribution in [0.2, 0.25) is 0 Å². The maximum Gasteiger partial charge on any atom is 0.231 e. The summed E-state index contributed by atoms with van der Waals surface area (Å²) in [5.41, 5.74) is 1.41. The summed E-state index contributed by atoms with van der Waals surface area (Å²) in [6.45, 7) is 2.78. The van der Waals surface area contributed by atoms with E-state index in [1.807, 2.05) is 25.1 Å². The first kappa shape index (κ1) is 20.9. The average Bonchev–Trinajstić information content (AvgIpc) is 3.35. The van der Waals surface area contributed by atoms with E-state index in [1.54, 1.807) is 30.2 Å². The number of carbonyl (C=O) groups is 2. The molecule has 4 rings (SSSR count). The van der Waals surface area contributed by atoms with Crippen molar-refractivity contribution in [1.29, 1.82) is 0 Å². The fourth-order valence-corrected chi connectivity index (χ4v) is 4.44. The van der Waals surface area contributed by atoms with Gasteiger partial charge in [-0.15, -0.1) is 0 Å². The number of thiazole rings is 1. The van der Waals surface area contributed by atoms with Gasteiger partial charge in [0.1, 0.15) is 17.2 Å². The van der Waals surface area contributed by atoms with Crippen LogP contribution in [-0.2, 0) is 9.59 Å². The van der Waals surface area contributed by atoms with Crippen LogP contribution in [0.15, 0.2) is 36.4 Å². The molecule has 0 bridgehead atoms. The van der Waals surface area contributed by atoms with Crippen LogP contribution in [0.1, 0.15) is 13.3 Å². The number of nitrogens with zero attached hydrogens (tertiary/aromatic N) is 2. The van der Waals surface area contributed by atoms with Crippen molar-refractivity contribution in [2.75, 3.05) is 37.6 Å². The van der Waals surface area contributed by atoms with Crippen LogP contribution in [-0.4, -0.2) is 44.2 Å². The van der Waals surface area contributed by atoms with Crippen LogP contribution in [0.5, 0.6) is 17.2 Å². The molecule has 3 aromatic rings. The van der Waals surface area contributed by atoms with E-state index in [0.29, 0.717) is 28.9 Å². The zero-order chi connectivity index (χ0) is 22.0. The van der Waals surface area contributed by atoms with Crippen molar-refractivity contribution in [3.05, 3.63) is 36.4 Å². The van der Waals surface area contributed by atoms with Crippen molar-refractivity contribution in [2.24, 2.45) is 5.92 Å². The van der Waals surface area contributed by atoms with E-state index in [1.165, 1.54) is 18.4 Å². The number of carbonyl (C=O) groups excluding carboxylic acids is 2. The van der Waals surface area contributed by atoms with E-state index >= 15 is 0 Å². The Kier molecular flexibility index (Phi) is 5.94. The van der Waals surface area contributed by atoms with Crippen LogP contribution in [0.25, 0.3) is 10.2 Å². The summed E-state index contributed by atoms with van der Waals surface area (Å²) in [6.07, 6.45) is 0.125. The largest absolute Gasteiger partial charge is 0.497 e. The molecule has 1 atom stereocenters. The Balaban J connectivity index is 1.48. The fraction of sp³-hybridized carbons (Fsp3) is 0.318. The van der Waals surface area contributed by atoms with E-state index in [2.05, 4.69) is 10.3 Å². The molecule has 31 heavy (non-hydrogen) atoms. The molecule has 1 aromatic heterocycles. The van der Waals surface area contributed by atoms with Crippen LogP contribution in [0, 0.1) is 5.92 Å². The van der Waals surface area contributed by atoms with E-state index in [0.717, 1.165) is 16.0 Å². The molecule has 1 saturated heterocycles. The number of rotatable bonds is 7. The third-order valence-corrected chi connectivity index (χ3v) is 6.01. The molecule has 8 nitrogen and oxygen atoms in total. The first-order valence-corrected chi connectivity index (χ1v) is 10.7. The molecule has 0 aliphatic carbocycles. The van der Waals surface area contributed by atoms with Crippen molar-refractivity contribution < 1.29 is 23.8 Å². The van der Waals surface area contributed by atoms with Crippen molar-refractivity contribution in [1.82, 2.24) is 4.98 Å². The van der Waals surface area contributed by atoms with E-state index in [9.17, 15) is 9.59 Å². The van der Waals surface area contributed by atoms with E-state index < -0.39 is 5.92 Å². The number of nitrogens with one attached hydrogen (secondary N) is 1. The zero-order valence-electron chi connectivity index (χ0n) is 17.5. The fourth-order valence-electron chi connectivity index (χ4n) is 3.55. The minimum Gasteiger partial charge on any atom is -0.497 e. The van der Waals surface area contributed by atoms with Gasteiger partial charge in [0.2, 0.25) is 11.8 Å². The molecule has 2 amide bonds. The predicted octanol–water partition coefficient (Wildman–Crippen LogP) is 3.70. The Morgan fingerprint density at radius 3 is 2.74 bits per heavy atom. The lowest BCUT2D eigenvalue weighted by Crippen LogP contribution is -2.28. The summed E-state index contributed by atoms with van der Waals surface area (Å²) in [5.74, 6) is 1.07. The van der Waals surface area contributed by atoms with Gasteiger partial charge >= 0.3 is 0 Å². The van der Waals surface area contributed by atoms with Crippen molar-refractivity contribution in [2.45, 2.75) is 13.3 Å². The molecule has 9 heteroatoms. The van der Waals surface area contributed by atoms with Gasteiger partial charge in [0.25, 0.3) is 0 Å². The second kappa shape index (κ2) is 8.81. The van der Waals surface area contributed by atoms with Crippen LogP contribution in [0.3, 0.4) is 0 Å². The summed E-state index contributed by atoms with van der Waals surface area (Å²) in [5, 5.41) is 3.36. The van der Waals surface area contributed by atoms with Gasteiger partial charge in [0, 0.05) is 19.0 Å². The maximum absolute atomic E-state index is 12.8. The Morgan fingerprint density at radius 1 is 1.19 bits per heavy atom. The maximum atomic E-state index is 12.8. The summed E-state index contributed by atoms with van der Waals surface area (Å²) < 4.78 is 17.1. The molecule has 2 aromatic carbocycles. The van der Waals surface area contributed by atoms with Crippen LogP contribution >= 0.6 is 11.3 Å². The monoisotopic (exact) mass is 441 g/mol. The molecular weight excluding hydrogens is 418 g/mol. The van der Waals surface area contributed by atoms with E-state index in [-0.39, 0.29) is 24.8 Å². The SMILES string of the molecule is CCOc1ccc2nc(NC(=O)[C@H]3CC(=O)N(c4ccc(OC)cc4OC)C3)sc2c1. The Bertz CT molecular complexity index is 1130. The molecule has 1 fully saturated rings. The summed E-state index contributed by atoms with van der Waals surface area (Å²) >= 11 is 1.38. The number of amides is 2. The number of anilines is 2. The Hall–Kier alpha value is -3.33. The summed E-state index contributed by atoms with van der Waals surface area (Å²) in [6, 6.07) is 10.9. The molecule has 0 saturated carbocycles. The normalized spacial score (nSPS) is 15.9. The van der Waals surface area contributed by atoms with Gasteiger partial charge in [0.15, 0.2) is 5.13 Å². The topological polar surface area (TPSA) is 90.0 Å². The van der Waals surface area contributed by atoms with Crippen LogP contribution in [0.4, 0.5) is 10.8 Å². The minimum absolute atomic E-state index is 0.125. The highest BCUT2D eigenvalue weighted by molar-refractivity contribution is 7.22. The Labute approximate surface area is 183 Å². The van der Waals surface area contributed by atoms with Gasteiger partial charge < -0.3 is 24.4 Å². The summed E-state index contributed by atoms with van der Waals surface area (Å²) in [7, 11) is 3.10. The predicted molar refractivity (Wildman–Crippen MR) is 119 cm³/mol. The minimum atomic E-state index is -0.481. The number of hydrogen-bond donors (Lipinski definition) is 1. The molecule has 0 unspecified atom stereocenters. The highest BCUT2D eigenvalue weighted by Crippen LogP contribution is 2.36. The number of ether oxygens (including phenoxy) is 3. The third kappa shape index (κ3) is 4.27. The molecule has 0 radical (unpaired) electrons. The van der Waals surface area contributed by atoms with Crippen molar-refractivity contribution in [3.63, 3.8) is 0 Å². The highest BCUT2D eigenvalue weighted by Gasteiger charge is 2.36. The van der Waals surface area contributed by atoms with Crippen LogP contribution < -0.4 is 24.4 Å². The molecule has 1 N–H and O–H groups in total. The first-order chi connectivity index (χ1) is 15.0. The molecule has 2 heterocycles. The smallest absolute Gasteiger partial charge is 0.231 e. The second-order valence-electron chi connectivity index (χ2n) is 7.01. The first-order valence-electron chi connectivity index (χ1n) is 9.89. The molecule has 1 aliphatic rings. The number of benzene rings is 2. The number of hydrogen-bond acceptors (Lipinski definition) is 7. The molecular formula is C22H23N3O5S. The molecule has 0 spiro atoms. The third-order valence-electron chi connectivity index (χ3n) is 5.07. The van der Waals surface area contributed by atoms with Gasteiger partial charge in [-0.05, 0) is 37.3 Å². The van der Waals surface area contributed by atoms with Gasteiger partial charge in [0.05, 0.1) is 42.6 Å². The van der Waals surface area contributed by atoms with E-state index in [4.69, 9.17) is 14.2 Å². The van der Waals surface area contributed by atoms with Gasteiger partial charge in [-0.3, -0.25) is 9.59 Å². The lowest BCUT2D eigenvalue weighted by molar-refractivity contribution is -0.122. The number of aromatic nitrogens is 1. The standard InChI is InChI=1S/C22H23N3O5S/c1-4-30-15-5-7-16-19(11-15)31-22(23-16)24-21(27)13-9-20(26)25(12-13)17-8-6-14(28-2)10-18(17)29-3/h5-8,10-11,13H,4,9,12H2,1-3H3,(H,23,24,27)/t13-/m0/s1. The van der Waals surface area contributed by atoms with Gasteiger partial charge in [-0.1, -0.05) is 11.3 Å². The summed E-state index contributed by atoms with van der Waals surface area (Å²) in [4.78, 5) is 31.5. The molecule has 1 aliphatic heterocycles. The van der Waals surface area contributed by atoms with Crippen molar-refractivity contribution >= 4 is 44.2 Å². The van der Waals surface area contributed by atoms with Gasteiger partial charge in [-0.2, -0.15) is 0 Å². The quantitative estimate of drug-likeness (QED) is 0.601. The Morgan fingerprint density at radius 2 is 2.00 bits per heavy atom. The lowest BCUT2D eigenvalue weighted by atomic mass is 10.1. The molecule has 162 valence electrons. The van der Waals surface area contributed by atoms with Gasteiger partial charge in [-0.25, -0.2) is 4.98 Å². The second-order valence-corrected chi connectivity index (χ2v) is 8.04. The average molecular weight is 442 g/mol. The lowest BCUT2D eigenvalue weighted by Gasteiger charge is -2.20. The number of fused-ring (bicyclic) bond motifs is 1. The highest BCUT2D eigenvalue weighted by atomic mass is 32.1. The number of methoxy groups -OCH3 is 2.